The van der Waals surface area contributed by atoms with Gasteiger partial charge in [-0.15, -0.1) is 11.3 Å². The number of hydrogen-bond donors (Lipinski definition) is 0. The SMILES string of the molecule is c1cccc(-c2cccc(-c3ccccc3)c2-c2sc(-c3c(-c4ccccc4)cccc3-c3ccccc3)c3c2CCC=C3)c#1. The van der Waals surface area contributed by atoms with Gasteiger partial charge in [-0.3, -0.25) is 0 Å². The van der Waals surface area contributed by atoms with Crippen molar-refractivity contribution in [2.75, 3.05) is 0 Å². The Kier molecular flexibility index (Phi) is 7.20. The summed E-state index contributed by atoms with van der Waals surface area (Å²) in [5, 5.41) is 0. The van der Waals surface area contributed by atoms with Crippen LogP contribution in [0.3, 0.4) is 0 Å². The molecule has 0 aliphatic heterocycles. The molecule has 1 aromatic heterocycles. The highest BCUT2D eigenvalue weighted by molar-refractivity contribution is 7.19. The van der Waals surface area contributed by atoms with E-state index in [0.717, 1.165) is 18.4 Å². The molecule has 0 radical (unpaired) electrons. The van der Waals surface area contributed by atoms with Crippen LogP contribution < -0.4 is 0 Å². The molecule has 0 spiro atoms. The van der Waals surface area contributed by atoms with Crippen molar-refractivity contribution in [2.45, 2.75) is 12.8 Å². The van der Waals surface area contributed by atoms with Gasteiger partial charge in [0.25, 0.3) is 0 Å². The molecule has 0 N–H and O–H groups in total. The van der Waals surface area contributed by atoms with E-state index < -0.39 is 0 Å². The van der Waals surface area contributed by atoms with E-state index in [1.165, 1.54) is 71.0 Å². The van der Waals surface area contributed by atoms with E-state index in [-0.39, 0.29) is 0 Å². The zero-order chi connectivity index (χ0) is 30.0. The van der Waals surface area contributed by atoms with Crippen LogP contribution in [0.4, 0.5) is 0 Å². The Morgan fingerprint density at radius 3 is 1.56 bits per heavy atom. The minimum atomic E-state index is 1.01. The fourth-order valence-electron chi connectivity index (χ4n) is 6.62. The van der Waals surface area contributed by atoms with Crippen molar-refractivity contribution in [2.24, 2.45) is 0 Å². The molecule has 45 heavy (non-hydrogen) atoms. The van der Waals surface area contributed by atoms with Crippen LogP contribution in [0, 0.1) is 12.1 Å². The van der Waals surface area contributed by atoms with Crippen molar-refractivity contribution in [3.05, 3.63) is 175 Å². The molecule has 0 amide bonds. The van der Waals surface area contributed by atoms with E-state index in [2.05, 4.69) is 164 Å². The van der Waals surface area contributed by atoms with Gasteiger partial charge in [0.1, 0.15) is 0 Å². The normalized spacial score (nSPS) is 12.0. The van der Waals surface area contributed by atoms with Crippen molar-refractivity contribution in [3.63, 3.8) is 0 Å². The Bertz CT molecular complexity index is 2000. The second-order valence-corrected chi connectivity index (χ2v) is 12.4. The molecule has 0 unspecified atom stereocenters. The molecule has 7 aromatic rings. The summed E-state index contributed by atoms with van der Waals surface area (Å²) in [6, 6.07) is 58.7. The average Bonchev–Trinajstić information content (AvgIpc) is 3.51. The van der Waals surface area contributed by atoms with Gasteiger partial charge in [-0.1, -0.05) is 158 Å². The van der Waals surface area contributed by atoms with Gasteiger partial charge in [-0.25, -0.2) is 0 Å². The lowest BCUT2D eigenvalue weighted by atomic mass is 9.85. The van der Waals surface area contributed by atoms with Gasteiger partial charge in [0, 0.05) is 26.4 Å². The van der Waals surface area contributed by atoms with E-state index in [1.807, 2.05) is 17.4 Å². The third-order valence-corrected chi connectivity index (χ3v) is 9.95. The van der Waals surface area contributed by atoms with E-state index >= 15 is 0 Å². The first-order valence-corrected chi connectivity index (χ1v) is 16.3. The van der Waals surface area contributed by atoms with Gasteiger partial charge in [-0.2, -0.15) is 0 Å². The van der Waals surface area contributed by atoms with Crippen molar-refractivity contribution < 1.29 is 0 Å². The molecule has 0 bridgehead atoms. The van der Waals surface area contributed by atoms with Crippen LogP contribution in [0.1, 0.15) is 17.5 Å². The van der Waals surface area contributed by atoms with Gasteiger partial charge in [0.15, 0.2) is 0 Å². The number of rotatable bonds is 6. The van der Waals surface area contributed by atoms with Gasteiger partial charge < -0.3 is 0 Å². The Morgan fingerprint density at radius 2 is 1.02 bits per heavy atom. The van der Waals surface area contributed by atoms with E-state index in [1.54, 1.807) is 0 Å². The maximum Gasteiger partial charge on any atom is 0.0437 e. The molecule has 1 aliphatic rings. The average molecular weight is 591 g/mol. The van der Waals surface area contributed by atoms with Crippen molar-refractivity contribution >= 4 is 17.4 Å². The molecular formula is C44H30S. The fraction of sp³-hybridized carbons (Fsp3) is 0.0455. The molecule has 6 aromatic carbocycles. The summed E-state index contributed by atoms with van der Waals surface area (Å²) in [7, 11) is 0. The lowest BCUT2D eigenvalue weighted by Crippen LogP contribution is -1.96. The first kappa shape index (κ1) is 27.2. The summed E-state index contributed by atoms with van der Waals surface area (Å²) >= 11 is 1.94. The summed E-state index contributed by atoms with van der Waals surface area (Å²) in [6.45, 7) is 0. The second-order valence-electron chi connectivity index (χ2n) is 11.4. The Hall–Kier alpha value is -5.42. The smallest absolute Gasteiger partial charge is 0.0437 e. The number of fused-ring (bicyclic) bond motifs is 1. The highest BCUT2D eigenvalue weighted by Crippen LogP contribution is 2.53. The minimum Gasteiger partial charge on any atom is -0.134 e. The molecule has 1 heteroatoms. The number of thiophene rings is 1. The standard InChI is InChI=1S/C44H30S/c1-5-17-31(18-6-1)35-27-15-28-36(32-19-7-2-8-20-32)41(35)43-39-25-13-14-26-40(39)44(45-43)42-37(33-21-9-3-10-22-33)29-16-30-38(42)34-23-11-4-12-24-34/h1-11,13,15-23,25,27-30H,14,26H2. The summed E-state index contributed by atoms with van der Waals surface area (Å²) in [5.41, 5.74) is 15.1. The largest absolute Gasteiger partial charge is 0.134 e. The Labute approximate surface area is 269 Å². The molecule has 0 saturated heterocycles. The van der Waals surface area contributed by atoms with E-state index in [0.29, 0.717) is 0 Å². The van der Waals surface area contributed by atoms with Gasteiger partial charge in [-0.05, 0) is 75.0 Å². The van der Waals surface area contributed by atoms with E-state index in [4.69, 9.17) is 0 Å². The lowest BCUT2D eigenvalue weighted by molar-refractivity contribution is 0.996. The zero-order valence-electron chi connectivity index (χ0n) is 24.8. The second kappa shape index (κ2) is 11.9. The topological polar surface area (TPSA) is 0 Å². The Balaban J connectivity index is 1.46. The maximum atomic E-state index is 3.42. The van der Waals surface area contributed by atoms with Crippen molar-refractivity contribution in [1.82, 2.24) is 0 Å². The van der Waals surface area contributed by atoms with Crippen molar-refractivity contribution in [3.8, 4) is 65.4 Å². The predicted molar refractivity (Wildman–Crippen MR) is 192 cm³/mol. The minimum absolute atomic E-state index is 1.01. The summed E-state index contributed by atoms with van der Waals surface area (Å²) in [4.78, 5) is 2.67. The van der Waals surface area contributed by atoms with Gasteiger partial charge in [0.05, 0.1) is 0 Å². The third kappa shape index (κ3) is 5.00. The van der Waals surface area contributed by atoms with Crippen LogP contribution in [0.5, 0.6) is 0 Å². The molecule has 0 fully saturated rings. The highest BCUT2D eigenvalue weighted by Gasteiger charge is 2.27. The molecule has 1 aliphatic carbocycles. The number of benzene rings is 5. The van der Waals surface area contributed by atoms with Crippen LogP contribution in [-0.4, -0.2) is 0 Å². The van der Waals surface area contributed by atoms with Crippen LogP contribution in [0.15, 0.2) is 152 Å². The monoisotopic (exact) mass is 590 g/mol. The third-order valence-electron chi connectivity index (χ3n) is 8.67. The van der Waals surface area contributed by atoms with Crippen molar-refractivity contribution in [1.29, 1.82) is 0 Å². The highest BCUT2D eigenvalue weighted by atomic mass is 32.1. The molecular weight excluding hydrogens is 561 g/mol. The van der Waals surface area contributed by atoms with Gasteiger partial charge >= 0.3 is 0 Å². The summed E-state index contributed by atoms with van der Waals surface area (Å²) in [5.74, 6) is 0. The van der Waals surface area contributed by atoms with Crippen LogP contribution in [0.25, 0.3) is 71.5 Å². The first-order valence-electron chi connectivity index (χ1n) is 15.5. The zero-order valence-corrected chi connectivity index (χ0v) is 25.7. The summed E-state index contributed by atoms with van der Waals surface area (Å²) in [6.07, 6.45) is 6.77. The first-order chi connectivity index (χ1) is 22.4. The molecule has 8 rings (SSSR count). The molecule has 0 nitrogen and oxygen atoms in total. The molecule has 212 valence electrons. The number of allylic oxidation sites excluding steroid dienone is 1. The van der Waals surface area contributed by atoms with Crippen LogP contribution >= 0.6 is 11.3 Å². The lowest BCUT2D eigenvalue weighted by Gasteiger charge is -2.17. The van der Waals surface area contributed by atoms with E-state index in [9.17, 15) is 0 Å². The predicted octanol–water partition coefficient (Wildman–Crippen LogP) is 12.3. The van der Waals surface area contributed by atoms with Crippen LogP contribution in [-0.2, 0) is 6.42 Å². The van der Waals surface area contributed by atoms with Gasteiger partial charge in [0.2, 0.25) is 0 Å². The van der Waals surface area contributed by atoms with Crippen LogP contribution in [0.2, 0.25) is 0 Å². The quantitative estimate of drug-likeness (QED) is 0.181. The molecule has 1 heterocycles. The Morgan fingerprint density at radius 1 is 0.489 bits per heavy atom. The maximum absolute atomic E-state index is 3.42. The number of hydrogen-bond acceptors (Lipinski definition) is 1. The summed E-state index contributed by atoms with van der Waals surface area (Å²) < 4.78 is 0. The fourth-order valence-corrected chi connectivity index (χ4v) is 8.11. The molecule has 0 saturated carbocycles. The molecule has 0 atom stereocenters.